The van der Waals surface area contributed by atoms with Crippen LogP contribution < -0.4 is 5.73 Å². The number of hydrogen-bond donors (Lipinski definition) is 1. The summed E-state index contributed by atoms with van der Waals surface area (Å²) in [7, 11) is 1.25. The molecule has 1 aromatic rings. The third-order valence-electron chi connectivity index (χ3n) is 1.36. The predicted molar refractivity (Wildman–Crippen MR) is 52.6 cm³/mol. The molecule has 5 heteroatoms. The lowest BCUT2D eigenvalue weighted by molar-refractivity contribution is -0.133. The number of rotatable bonds is 0. The zero-order chi connectivity index (χ0) is 10.6. The molecule has 4 nitrogen and oxygen atoms in total. The molecule has 0 fully saturated rings. The maximum absolute atomic E-state index is 10.7. The number of esters is 1. The van der Waals surface area contributed by atoms with Crippen molar-refractivity contribution in [3.63, 3.8) is 0 Å². The lowest BCUT2D eigenvalue weighted by Gasteiger charge is -1.95. The molecule has 0 atom stereocenters. The van der Waals surface area contributed by atoms with E-state index in [1.54, 1.807) is 12.1 Å². The molecule has 0 spiro atoms. The van der Waals surface area contributed by atoms with Crippen molar-refractivity contribution in [1.82, 2.24) is 4.98 Å². The Kier molecular flexibility index (Phi) is 3.32. The van der Waals surface area contributed by atoms with Crippen molar-refractivity contribution in [3.8, 4) is 11.8 Å². The van der Waals surface area contributed by atoms with Gasteiger partial charge in [-0.3, -0.25) is 0 Å². The molecule has 0 radical (unpaired) electrons. The van der Waals surface area contributed by atoms with Crippen LogP contribution in [0.4, 0.5) is 5.69 Å². The number of carbonyl (C=O) groups is 1. The molecule has 0 aliphatic carbocycles. The second-order valence-corrected chi connectivity index (χ2v) is 2.68. The van der Waals surface area contributed by atoms with Crippen molar-refractivity contribution in [1.29, 1.82) is 0 Å². The van der Waals surface area contributed by atoms with E-state index in [1.165, 1.54) is 7.11 Å². The quantitative estimate of drug-likeness (QED) is 0.392. The molecule has 14 heavy (non-hydrogen) atoms. The molecule has 72 valence electrons. The molecule has 1 aromatic heterocycles. The summed E-state index contributed by atoms with van der Waals surface area (Å²) >= 11 is 5.64. The molecule has 1 heterocycles. The van der Waals surface area contributed by atoms with Crippen LogP contribution in [-0.4, -0.2) is 18.1 Å². The van der Waals surface area contributed by atoms with Gasteiger partial charge in [0.05, 0.1) is 12.8 Å². The Morgan fingerprint density at radius 1 is 1.64 bits per heavy atom. The Labute approximate surface area is 86.0 Å². The van der Waals surface area contributed by atoms with E-state index in [9.17, 15) is 4.79 Å². The summed E-state index contributed by atoms with van der Waals surface area (Å²) in [5, 5.41) is 0.168. The number of nitrogen functional groups attached to an aromatic ring is 1. The van der Waals surface area contributed by atoms with E-state index in [0.29, 0.717) is 11.4 Å². The number of hydrogen-bond acceptors (Lipinski definition) is 4. The number of pyridine rings is 1. The zero-order valence-electron chi connectivity index (χ0n) is 7.37. The molecule has 0 aliphatic rings. The number of nitrogens with two attached hydrogens (primary N) is 1. The Balaban J connectivity index is 2.91. The van der Waals surface area contributed by atoms with Crippen LogP contribution in [0.3, 0.4) is 0 Å². The van der Waals surface area contributed by atoms with Crippen LogP contribution in [0, 0.1) is 11.8 Å². The Morgan fingerprint density at radius 3 is 2.93 bits per heavy atom. The highest BCUT2D eigenvalue weighted by Crippen LogP contribution is 2.14. The van der Waals surface area contributed by atoms with Gasteiger partial charge in [-0.1, -0.05) is 11.6 Å². The van der Waals surface area contributed by atoms with Crippen LogP contribution in [-0.2, 0) is 9.53 Å². The maximum Gasteiger partial charge on any atom is 0.384 e. The highest BCUT2D eigenvalue weighted by Gasteiger charge is 1.97. The molecule has 0 saturated heterocycles. The molecule has 1 rings (SSSR count). The second kappa shape index (κ2) is 4.49. The van der Waals surface area contributed by atoms with E-state index >= 15 is 0 Å². The molecular formula is C9H7ClN2O2. The lowest BCUT2D eigenvalue weighted by Crippen LogP contribution is -1.95. The van der Waals surface area contributed by atoms with Crippen LogP contribution in [0.25, 0.3) is 0 Å². The molecule has 0 saturated carbocycles. The fourth-order valence-electron chi connectivity index (χ4n) is 0.681. The summed E-state index contributed by atoms with van der Waals surface area (Å²) in [5.41, 5.74) is 6.18. The summed E-state index contributed by atoms with van der Waals surface area (Å²) in [6.45, 7) is 0. The highest BCUT2D eigenvalue weighted by atomic mass is 35.5. The number of ether oxygens (including phenoxy) is 1. The fourth-order valence-corrected chi connectivity index (χ4v) is 0.835. The van der Waals surface area contributed by atoms with Crippen molar-refractivity contribution in [3.05, 3.63) is 23.0 Å². The predicted octanol–water partition coefficient (Wildman–Crippen LogP) is 0.842. The van der Waals surface area contributed by atoms with E-state index in [-0.39, 0.29) is 5.15 Å². The highest BCUT2D eigenvalue weighted by molar-refractivity contribution is 6.31. The Bertz CT molecular complexity index is 421. The number of methoxy groups -OCH3 is 1. The Morgan fingerprint density at radius 2 is 2.36 bits per heavy atom. The largest absolute Gasteiger partial charge is 0.459 e. The van der Waals surface area contributed by atoms with Crippen LogP contribution in [0.2, 0.25) is 5.15 Å². The van der Waals surface area contributed by atoms with Gasteiger partial charge in [0.2, 0.25) is 0 Å². The normalized spacial score (nSPS) is 8.71. The first-order valence-electron chi connectivity index (χ1n) is 3.65. The molecule has 0 aliphatic heterocycles. The maximum atomic E-state index is 10.7. The van der Waals surface area contributed by atoms with Crippen LogP contribution in [0.15, 0.2) is 12.1 Å². The monoisotopic (exact) mass is 210 g/mol. The third kappa shape index (κ3) is 2.64. The van der Waals surface area contributed by atoms with Gasteiger partial charge in [0.1, 0.15) is 5.69 Å². The van der Waals surface area contributed by atoms with Gasteiger partial charge in [-0.2, -0.15) is 0 Å². The zero-order valence-corrected chi connectivity index (χ0v) is 8.13. The fraction of sp³-hybridized carbons (Fsp3) is 0.111. The lowest BCUT2D eigenvalue weighted by atomic mass is 10.3. The summed E-state index contributed by atoms with van der Waals surface area (Å²) in [4.78, 5) is 14.5. The first-order valence-corrected chi connectivity index (χ1v) is 4.03. The average Bonchev–Trinajstić information content (AvgIpc) is 2.19. The first-order chi connectivity index (χ1) is 6.63. The van der Waals surface area contributed by atoms with Crippen molar-refractivity contribution < 1.29 is 9.53 Å². The molecule has 0 amide bonds. The van der Waals surface area contributed by atoms with Crippen molar-refractivity contribution in [2.24, 2.45) is 0 Å². The Hall–Kier alpha value is -1.73. The summed E-state index contributed by atoms with van der Waals surface area (Å²) < 4.78 is 4.33. The minimum absolute atomic E-state index is 0.168. The first kappa shape index (κ1) is 10.4. The minimum Gasteiger partial charge on any atom is -0.459 e. The van der Waals surface area contributed by atoms with E-state index in [1.807, 2.05) is 0 Å². The van der Waals surface area contributed by atoms with Crippen LogP contribution >= 0.6 is 11.6 Å². The van der Waals surface area contributed by atoms with Gasteiger partial charge in [0.25, 0.3) is 0 Å². The SMILES string of the molecule is COC(=O)C#Cc1ccc(N)c(Cl)n1. The van der Waals surface area contributed by atoms with Gasteiger partial charge < -0.3 is 10.5 Å². The van der Waals surface area contributed by atoms with Gasteiger partial charge in [0, 0.05) is 5.92 Å². The van der Waals surface area contributed by atoms with Gasteiger partial charge >= 0.3 is 5.97 Å². The number of halogens is 1. The van der Waals surface area contributed by atoms with Crippen molar-refractivity contribution >= 4 is 23.3 Å². The van der Waals surface area contributed by atoms with Crippen LogP contribution in [0.1, 0.15) is 5.69 Å². The third-order valence-corrected chi connectivity index (χ3v) is 1.66. The molecule has 2 N–H and O–H groups in total. The topological polar surface area (TPSA) is 65.2 Å². The van der Waals surface area contributed by atoms with Crippen LogP contribution in [0.5, 0.6) is 0 Å². The second-order valence-electron chi connectivity index (χ2n) is 2.32. The van der Waals surface area contributed by atoms with E-state index in [0.717, 1.165) is 0 Å². The molecule has 0 aromatic carbocycles. The van der Waals surface area contributed by atoms with Gasteiger partial charge in [0.15, 0.2) is 5.15 Å². The van der Waals surface area contributed by atoms with Crippen molar-refractivity contribution in [2.75, 3.05) is 12.8 Å². The summed E-state index contributed by atoms with van der Waals surface area (Å²) in [6.07, 6.45) is 0. The minimum atomic E-state index is -0.625. The summed E-state index contributed by atoms with van der Waals surface area (Å²) in [6, 6.07) is 3.13. The average molecular weight is 211 g/mol. The van der Waals surface area contributed by atoms with Crippen molar-refractivity contribution in [2.45, 2.75) is 0 Å². The number of nitrogens with zero attached hydrogens (tertiary/aromatic N) is 1. The van der Waals surface area contributed by atoms with Gasteiger partial charge in [-0.25, -0.2) is 9.78 Å². The van der Waals surface area contributed by atoms with Gasteiger partial charge in [-0.05, 0) is 18.1 Å². The molecule has 0 bridgehead atoms. The van der Waals surface area contributed by atoms with Gasteiger partial charge in [-0.15, -0.1) is 0 Å². The number of carbonyl (C=O) groups excluding carboxylic acids is 1. The van der Waals surface area contributed by atoms with E-state index in [2.05, 4.69) is 21.6 Å². The number of anilines is 1. The van der Waals surface area contributed by atoms with E-state index < -0.39 is 5.97 Å². The summed E-state index contributed by atoms with van der Waals surface area (Å²) in [5.74, 6) is 4.08. The standard InChI is InChI=1S/C9H7ClN2O2/c1-14-8(13)5-3-6-2-4-7(11)9(10)12-6/h2,4H,11H2,1H3. The molecule has 0 unspecified atom stereocenters. The molecular weight excluding hydrogens is 204 g/mol. The smallest absolute Gasteiger partial charge is 0.384 e. The van der Waals surface area contributed by atoms with E-state index in [4.69, 9.17) is 17.3 Å². The number of aromatic nitrogens is 1.